The van der Waals surface area contributed by atoms with Crippen LogP contribution in [0.5, 0.6) is 0 Å². The van der Waals surface area contributed by atoms with Crippen LogP contribution >= 0.6 is 95.6 Å². The molecule has 0 aromatic carbocycles. The lowest BCUT2D eigenvalue weighted by molar-refractivity contribution is -0.120. The third-order valence-electron chi connectivity index (χ3n) is 2.76. The molecule has 0 saturated carbocycles. The van der Waals surface area contributed by atoms with Crippen molar-refractivity contribution in [2.75, 3.05) is 52.7 Å². The van der Waals surface area contributed by atoms with Crippen molar-refractivity contribution in [2.45, 2.75) is 17.1 Å². The lowest BCUT2D eigenvalue weighted by Gasteiger charge is -2.12. The van der Waals surface area contributed by atoms with Crippen molar-refractivity contribution in [2.24, 2.45) is 0 Å². The second-order valence-corrected chi connectivity index (χ2v) is 18.6. The Morgan fingerprint density at radius 2 is 0.889 bits per heavy atom. The van der Waals surface area contributed by atoms with Crippen LogP contribution in [0.1, 0.15) is 12.8 Å². The number of alkyl halides is 6. The van der Waals surface area contributed by atoms with Crippen molar-refractivity contribution >= 4 is 107 Å². The summed E-state index contributed by atoms with van der Waals surface area (Å²) in [5, 5.41) is 5.48. The monoisotopic (exact) mass is 772 g/mol. The molecule has 27 heavy (non-hydrogen) atoms. The van der Waals surface area contributed by atoms with E-state index in [1.165, 1.54) is 0 Å². The van der Waals surface area contributed by atoms with Gasteiger partial charge in [0, 0.05) is 26.3 Å². The Balaban J connectivity index is 3.26. The van der Waals surface area contributed by atoms with Gasteiger partial charge in [0.1, 0.15) is 0 Å². The van der Waals surface area contributed by atoms with Gasteiger partial charge in [0.05, 0.1) is 26.4 Å². The maximum atomic E-state index is 11.5. The summed E-state index contributed by atoms with van der Waals surface area (Å²) in [7, 11) is 0. The van der Waals surface area contributed by atoms with Crippen LogP contribution in [0.25, 0.3) is 0 Å². The summed E-state index contributed by atoms with van der Waals surface area (Å²) in [5.41, 5.74) is 0. The van der Waals surface area contributed by atoms with Gasteiger partial charge in [-0.3, -0.25) is 9.59 Å². The van der Waals surface area contributed by atoms with Gasteiger partial charge >= 0.3 is 0 Å². The van der Waals surface area contributed by atoms with Gasteiger partial charge in [-0.2, -0.15) is 0 Å². The summed E-state index contributed by atoms with van der Waals surface area (Å²) < 4.78 is 14.4. The summed E-state index contributed by atoms with van der Waals surface area (Å²) in [6, 6.07) is 0. The minimum atomic E-state index is -0.918. The molecule has 0 aliphatic carbocycles. The highest BCUT2D eigenvalue weighted by atomic mass is 80.0. The Morgan fingerprint density at radius 1 is 0.593 bits per heavy atom. The number of carbonyl (C=O) groups is 2. The van der Waals surface area contributed by atoms with Crippen LogP contribution < -0.4 is 10.6 Å². The largest absolute Gasteiger partial charge is 0.379 e. The Bertz CT molecular complexity index is 393. The normalized spacial score (nSPS) is 12.1. The third-order valence-corrected chi connectivity index (χ3v) is 4.92. The summed E-state index contributed by atoms with van der Waals surface area (Å²) in [6.45, 7) is 4.11. The molecular weight excluding hydrogens is 756 g/mol. The lowest BCUT2D eigenvalue weighted by atomic mass is 10.4. The van der Waals surface area contributed by atoms with Crippen molar-refractivity contribution < 1.29 is 23.8 Å². The van der Waals surface area contributed by atoms with Gasteiger partial charge < -0.3 is 24.8 Å². The molecule has 160 valence electrons. The van der Waals surface area contributed by atoms with E-state index >= 15 is 0 Å². The number of rotatable bonds is 14. The number of halogens is 6. The number of hydrogen-bond acceptors (Lipinski definition) is 5. The Labute approximate surface area is 209 Å². The van der Waals surface area contributed by atoms with Crippen molar-refractivity contribution in [3.05, 3.63) is 0 Å². The molecule has 0 fully saturated rings. The highest BCUT2D eigenvalue weighted by Crippen LogP contribution is 2.33. The first-order valence-electron chi connectivity index (χ1n) is 7.98. The Hall–Kier alpha value is 1.70. The first-order chi connectivity index (χ1) is 12.5. The molecule has 13 heteroatoms. The fourth-order valence-electron chi connectivity index (χ4n) is 1.49. The Morgan fingerprint density at radius 3 is 1.19 bits per heavy atom. The number of ether oxygens (including phenoxy) is 3. The van der Waals surface area contributed by atoms with Crippen LogP contribution in [0.4, 0.5) is 0 Å². The van der Waals surface area contributed by atoms with E-state index in [-0.39, 0.29) is 11.8 Å². The van der Waals surface area contributed by atoms with E-state index in [2.05, 4.69) is 106 Å². The second-order valence-electron chi connectivity index (χ2n) is 5.05. The summed E-state index contributed by atoms with van der Waals surface area (Å²) in [4.78, 5) is 23.0. The van der Waals surface area contributed by atoms with Gasteiger partial charge in [-0.1, -0.05) is 0 Å². The fourth-order valence-corrected chi connectivity index (χ4v) is 2.34. The Kier molecular flexibility index (Phi) is 17.4. The fraction of sp³-hybridized carbons (Fsp3) is 0.857. The smallest absolute Gasteiger partial charge is 0.258 e. The predicted octanol–water partition coefficient (Wildman–Crippen LogP) is 3.73. The van der Waals surface area contributed by atoms with E-state index < -0.39 is 4.29 Å². The molecule has 0 rings (SSSR count). The molecule has 7 nitrogen and oxygen atoms in total. The zero-order valence-corrected chi connectivity index (χ0v) is 23.9. The van der Waals surface area contributed by atoms with E-state index in [0.29, 0.717) is 52.7 Å². The molecule has 0 radical (unpaired) electrons. The molecule has 0 aromatic heterocycles. The second kappa shape index (κ2) is 16.4. The molecule has 2 amide bonds. The summed E-state index contributed by atoms with van der Waals surface area (Å²) >= 11 is 18.8. The quantitative estimate of drug-likeness (QED) is 0.208. The molecule has 2 N–H and O–H groups in total. The van der Waals surface area contributed by atoms with Gasteiger partial charge in [-0.05, 0) is 108 Å². The van der Waals surface area contributed by atoms with Crippen LogP contribution in [0, 0.1) is 0 Å². The van der Waals surface area contributed by atoms with Crippen LogP contribution in [0.3, 0.4) is 0 Å². The van der Waals surface area contributed by atoms with E-state index in [9.17, 15) is 9.59 Å². The number of amides is 2. The number of carbonyl (C=O) groups excluding carboxylic acids is 2. The summed E-state index contributed by atoms with van der Waals surface area (Å²) in [6.07, 6.45) is 1.43. The first kappa shape index (κ1) is 28.7. The van der Waals surface area contributed by atoms with Crippen molar-refractivity contribution in [1.29, 1.82) is 0 Å². The minimum Gasteiger partial charge on any atom is -0.379 e. The third kappa shape index (κ3) is 18.2. The topological polar surface area (TPSA) is 85.9 Å². The highest BCUT2D eigenvalue weighted by molar-refractivity contribution is 9.40. The maximum Gasteiger partial charge on any atom is 0.258 e. The predicted molar refractivity (Wildman–Crippen MR) is 127 cm³/mol. The minimum absolute atomic E-state index is 0.198. The lowest BCUT2D eigenvalue weighted by Crippen LogP contribution is -2.34. The van der Waals surface area contributed by atoms with Gasteiger partial charge in [0.2, 0.25) is 4.29 Å². The van der Waals surface area contributed by atoms with Crippen molar-refractivity contribution in [3.8, 4) is 0 Å². The summed E-state index contributed by atoms with van der Waals surface area (Å²) in [5.74, 6) is -0.397. The van der Waals surface area contributed by atoms with Gasteiger partial charge in [-0.25, -0.2) is 0 Å². The van der Waals surface area contributed by atoms with Gasteiger partial charge in [-0.15, -0.1) is 0 Å². The molecule has 0 saturated heterocycles. The molecule has 0 bridgehead atoms. The molecule has 0 unspecified atom stereocenters. The van der Waals surface area contributed by atoms with Gasteiger partial charge in [0.25, 0.3) is 11.8 Å². The molecule has 0 aliphatic rings. The maximum absolute atomic E-state index is 11.5. The number of hydrogen-bond donors (Lipinski definition) is 2. The highest BCUT2D eigenvalue weighted by Gasteiger charge is 2.28. The molecule has 0 aliphatic heterocycles. The van der Waals surface area contributed by atoms with Crippen LogP contribution in [0.15, 0.2) is 0 Å². The standard InChI is InChI=1S/C14H22Br6N2O5/c15-13(16,17)11(23)21-3-1-5-25-7-9-27-10-8-26-6-2-4-22-12(24)14(18,19)20/h1-10H2,(H,21,23)(H,22,24). The van der Waals surface area contributed by atoms with Crippen LogP contribution in [-0.2, 0) is 23.8 Å². The van der Waals surface area contributed by atoms with Gasteiger partial charge in [0.15, 0.2) is 0 Å². The average Bonchev–Trinajstić information content (AvgIpc) is 2.56. The molecular formula is C14H22Br6N2O5. The molecule has 0 aromatic rings. The van der Waals surface area contributed by atoms with Crippen molar-refractivity contribution in [1.82, 2.24) is 10.6 Å². The van der Waals surface area contributed by atoms with E-state index in [1.54, 1.807) is 0 Å². The van der Waals surface area contributed by atoms with Crippen molar-refractivity contribution in [3.63, 3.8) is 0 Å². The van der Waals surface area contributed by atoms with E-state index in [1.807, 2.05) is 0 Å². The molecule has 0 atom stereocenters. The van der Waals surface area contributed by atoms with Crippen LogP contribution in [-0.4, -0.2) is 68.8 Å². The zero-order chi connectivity index (χ0) is 20.8. The van der Waals surface area contributed by atoms with Crippen LogP contribution in [0.2, 0.25) is 0 Å². The SMILES string of the molecule is O=C(NCCCOCCOCCOCCCNC(=O)C(Br)(Br)Br)C(Br)(Br)Br. The first-order valence-corrected chi connectivity index (χ1v) is 12.7. The molecule has 0 spiro atoms. The van der Waals surface area contributed by atoms with E-state index in [0.717, 1.165) is 12.8 Å². The molecule has 0 heterocycles. The van der Waals surface area contributed by atoms with E-state index in [4.69, 9.17) is 14.2 Å². The average molecular weight is 778 g/mol. The zero-order valence-electron chi connectivity index (χ0n) is 14.4. The number of nitrogens with one attached hydrogen (secondary N) is 2.